The Morgan fingerprint density at radius 2 is 1.84 bits per heavy atom. The Labute approximate surface area is 187 Å². The molecule has 4 rings (SSSR count). The van der Waals surface area contributed by atoms with Crippen molar-refractivity contribution < 1.29 is 18.8 Å². The van der Waals surface area contributed by atoms with E-state index in [0.29, 0.717) is 38.9 Å². The molecule has 2 aliphatic heterocycles. The molecule has 8 heteroatoms. The smallest absolute Gasteiger partial charge is 0.328 e. The molecule has 1 aromatic heterocycles. The lowest BCUT2D eigenvalue weighted by Crippen LogP contribution is -2.57. The SMILES string of the molecule is NC(=O)CN1C(=O)N(CCc2ccccc2)C2(CCN(C/C=C/c3ccco3)CC2)C1=O. The molecule has 32 heavy (non-hydrogen) atoms. The normalized spacial score (nSPS) is 18.9. The van der Waals surface area contributed by atoms with Crippen LogP contribution in [0, 0.1) is 0 Å². The number of furan rings is 1. The first kappa shape index (κ1) is 21.8. The van der Waals surface area contributed by atoms with E-state index in [1.165, 1.54) is 0 Å². The van der Waals surface area contributed by atoms with Crippen LogP contribution in [0.4, 0.5) is 4.79 Å². The zero-order chi connectivity index (χ0) is 22.6. The fraction of sp³-hybridized carbons (Fsp3) is 0.375. The van der Waals surface area contributed by atoms with E-state index in [4.69, 9.17) is 10.2 Å². The summed E-state index contributed by atoms with van der Waals surface area (Å²) in [4.78, 5) is 42.9. The minimum absolute atomic E-state index is 0.305. The van der Waals surface area contributed by atoms with Crippen molar-refractivity contribution in [1.82, 2.24) is 14.7 Å². The van der Waals surface area contributed by atoms with E-state index < -0.39 is 17.5 Å². The minimum atomic E-state index is -0.914. The summed E-state index contributed by atoms with van der Waals surface area (Å²) in [6.45, 7) is 2.12. The molecule has 2 aliphatic rings. The van der Waals surface area contributed by atoms with Crippen LogP contribution in [-0.2, 0) is 16.0 Å². The molecular weight excluding hydrogens is 408 g/mol. The highest BCUT2D eigenvalue weighted by Crippen LogP contribution is 2.37. The van der Waals surface area contributed by atoms with Crippen molar-refractivity contribution in [1.29, 1.82) is 0 Å². The van der Waals surface area contributed by atoms with Crippen LogP contribution in [0.15, 0.2) is 59.2 Å². The molecule has 0 radical (unpaired) electrons. The van der Waals surface area contributed by atoms with E-state index in [9.17, 15) is 14.4 Å². The third kappa shape index (κ3) is 4.45. The molecule has 4 amide bonds. The first-order chi connectivity index (χ1) is 15.5. The first-order valence-corrected chi connectivity index (χ1v) is 10.9. The summed E-state index contributed by atoms with van der Waals surface area (Å²) in [5, 5.41) is 0. The predicted octanol–water partition coefficient (Wildman–Crippen LogP) is 2.12. The number of benzene rings is 1. The maximum absolute atomic E-state index is 13.3. The average molecular weight is 437 g/mol. The molecule has 2 fully saturated rings. The maximum atomic E-state index is 13.3. The second kappa shape index (κ2) is 9.40. The van der Waals surface area contributed by atoms with Crippen molar-refractivity contribution in [2.24, 2.45) is 5.73 Å². The number of urea groups is 1. The lowest BCUT2D eigenvalue weighted by molar-refractivity contribution is -0.137. The first-order valence-electron chi connectivity index (χ1n) is 10.9. The Balaban J connectivity index is 1.46. The number of carbonyl (C=O) groups is 3. The van der Waals surface area contributed by atoms with E-state index in [0.717, 1.165) is 22.8 Å². The molecule has 2 N–H and O–H groups in total. The summed E-state index contributed by atoms with van der Waals surface area (Å²) in [7, 11) is 0. The molecule has 0 aliphatic carbocycles. The van der Waals surface area contributed by atoms with Gasteiger partial charge in [0.25, 0.3) is 5.91 Å². The molecule has 8 nitrogen and oxygen atoms in total. The van der Waals surface area contributed by atoms with Gasteiger partial charge in [0, 0.05) is 26.2 Å². The number of piperidine rings is 1. The molecule has 2 saturated heterocycles. The quantitative estimate of drug-likeness (QED) is 0.639. The van der Waals surface area contributed by atoms with Crippen LogP contribution in [0.25, 0.3) is 6.08 Å². The van der Waals surface area contributed by atoms with Gasteiger partial charge < -0.3 is 15.1 Å². The number of hydrogen-bond donors (Lipinski definition) is 1. The molecule has 1 spiro atoms. The number of hydrogen-bond acceptors (Lipinski definition) is 5. The summed E-state index contributed by atoms with van der Waals surface area (Å²) in [6.07, 6.45) is 7.28. The number of rotatable bonds is 8. The molecule has 0 bridgehead atoms. The highest BCUT2D eigenvalue weighted by atomic mass is 16.3. The fourth-order valence-electron chi connectivity index (χ4n) is 4.57. The monoisotopic (exact) mass is 436 g/mol. The molecule has 2 aromatic rings. The number of nitrogens with zero attached hydrogens (tertiary/aromatic N) is 3. The fourth-order valence-corrected chi connectivity index (χ4v) is 4.57. The van der Waals surface area contributed by atoms with Crippen LogP contribution in [-0.4, -0.2) is 70.8 Å². The zero-order valence-corrected chi connectivity index (χ0v) is 18.0. The lowest BCUT2D eigenvalue weighted by Gasteiger charge is -2.42. The largest absolute Gasteiger partial charge is 0.465 e. The summed E-state index contributed by atoms with van der Waals surface area (Å²) >= 11 is 0. The number of likely N-dealkylation sites (tertiary alicyclic amines) is 1. The van der Waals surface area contributed by atoms with E-state index in [1.807, 2.05) is 54.6 Å². The van der Waals surface area contributed by atoms with Gasteiger partial charge in [0.15, 0.2) is 0 Å². The van der Waals surface area contributed by atoms with Crippen molar-refractivity contribution in [3.8, 4) is 0 Å². The Kier molecular flexibility index (Phi) is 6.41. The van der Waals surface area contributed by atoms with Crippen molar-refractivity contribution in [2.75, 3.05) is 32.7 Å². The molecule has 0 atom stereocenters. The Morgan fingerprint density at radius 3 is 2.50 bits per heavy atom. The van der Waals surface area contributed by atoms with Gasteiger partial charge in [0.2, 0.25) is 5.91 Å². The molecule has 0 unspecified atom stereocenters. The van der Waals surface area contributed by atoms with Gasteiger partial charge in [-0.05, 0) is 43.0 Å². The standard InChI is InChI=1S/C24H28N4O4/c25-21(29)18-27-22(30)24(28(23(27)31)14-10-19-6-2-1-3-7-19)11-15-26(16-12-24)13-4-8-20-9-5-17-32-20/h1-9,17H,10-16,18H2,(H2,25,29)/b8-4+. The van der Waals surface area contributed by atoms with Crippen molar-refractivity contribution >= 4 is 23.9 Å². The highest BCUT2D eigenvalue weighted by Gasteiger charge is 2.57. The summed E-state index contributed by atoms with van der Waals surface area (Å²) in [6, 6.07) is 13.2. The van der Waals surface area contributed by atoms with Crippen LogP contribution in [0.5, 0.6) is 0 Å². The highest BCUT2D eigenvalue weighted by molar-refractivity contribution is 6.09. The minimum Gasteiger partial charge on any atom is -0.465 e. The second-order valence-corrected chi connectivity index (χ2v) is 8.28. The summed E-state index contributed by atoms with van der Waals surface area (Å²) < 4.78 is 5.31. The molecule has 168 valence electrons. The van der Waals surface area contributed by atoms with Crippen LogP contribution in [0.1, 0.15) is 24.2 Å². The van der Waals surface area contributed by atoms with Crippen molar-refractivity contribution in [2.45, 2.75) is 24.8 Å². The van der Waals surface area contributed by atoms with Gasteiger partial charge in [-0.25, -0.2) is 4.79 Å². The molecule has 0 saturated carbocycles. The third-order valence-electron chi connectivity index (χ3n) is 6.27. The average Bonchev–Trinajstić information content (AvgIpc) is 3.37. The number of carbonyl (C=O) groups excluding carboxylic acids is 3. The van der Waals surface area contributed by atoms with E-state index >= 15 is 0 Å². The van der Waals surface area contributed by atoms with Gasteiger partial charge in [0.05, 0.1) is 6.26 Å². The van der Waals surface area contributed by atoms with Crippen LogP contribution in [0.2, 0.25) is 0 Å². The second-order valence-electron chi connectivity index (χ2n) is 8.28. The van der Waals surface area contributed by atoms with Crippen LogP contribution in [0.3, 0.4) is 0 Å². The van der Waals surface area contributed by atoms with E-state index in [2.05, 4.69) is 4.90 Å². The molecule has 3 heterocycles. The Morgan fingerprint density at radius 1 is 1.09 bits per heavy atom. The maximum Gasteiger partial charge on any atom is 0.328 e. The number of nitrogens with two attached hydrogens (primary N) is 1. The summed E-state index contributed by atoms with van der Waals surface area (Å²) in [5.41, 5.74) is 5.50. The number of amides is 4. The predicted molar refractivity (Wildman–Crippen MR) is 119 cm³/mol. The van der Waals surface area contributed by atoms with Gasteiger partial charge in [0.1, 0.15) is 17.8 Å². The van der Waals surface area contributed by atoms with Crippen LogP contribution >= 0.6 is 0 Å². The third-order valence-corrected chi connectivity index (χ3v) is 6.27. The topological polar surface area (TPSA) is 100 Å². The molecule has 1 aromatic carbocycles. The van der Waals surface area contributed by atoms with Gasteiger partial charge >= 0.3 is 6.03 Å². The number of primary amides is 1. The Bertz CT molecular complexity index is 979. The van der Waals surface area contributed by atoms with Crippen molar-refractivity contribution in [3.63, 3.8) is 0 Å². The van der Waals surface area contributed by atoms with E-state index in [1.54, 1.807) is 11.2 Å². The van der Waals surface area contributed by atoms with Crippen molar-refractivity contribution in [3.05, 3.63) is 66.1 Å². The van der Waals surface area contributed by atoms with Gasteiger partial charge in [-0.3, -0.25) is 19.4 Å². The number of imide groups is 1. The lowest BCUT2D eigenvalue weighted by atomic mass is 9.85. The zero-order valence-electron chi connectivity index (χ0n) is 18.0. The van der Waals surface area contributed by atoms with E-state index in [-0.39, 0.29) is 12.5 Å². The van der Waals surface area contributed by atoms with Crippen LogP contribution < -0.4 is 5.73 Å². The molecular formula is C24H28N4O4. The van der Waals surface area contributed by atoms with Gasteiger partial charge in [-0.1, -0.05) is 36.4 Å². The Hall–Kier alpha value is -3.39. The summed E-state index contributed by atoms with van der Waals surface area (Å²) in [5.74, 6) is -0.198. The van der Waals surface area contributed by atoms with Gasteiger partial charge in [-0.2, -0.15) is 0 Å². The van der Waals surface area contributed by atoms with Gasteiger partial charge in [-0.15, -0.1) is 0 Å².